The second kappa shape index (κ2) is 12.1. The lowest BCUT2D eigenvalue weighted by atomic mass is 10.2. The molecule has 0 aliphatic heterocycles. The summed E-state index contributed by atoms with van der Waals surface area (Å²) in [5.74, 6) is 0.976. The Morgan fingerprint density at radius 3 is 2.50 bits per heavy atom. The third-order valence-corrected chi connectivity index (χ3v) is 6.27. The van der Waals surface area contributed by atoms with Crippen molar-refractivity contribution in [3.8, 4) is 5.75 Å². The van der Waals surface area contributed by atoms with Crippen molar-refractivity contribution in [2.24, 2.45) is 0 Å². The first kappa shape index (κ1) is 25.9. The van der Waals surface area contributed by atoms with Gasteiger partial charge in [0.25, 0.3) is 5.91 Å². The van der Waals surface area contributed by atoms with Crippen LogP contribution < -0.4 is 15.4 Å². The van der Waals surface area contributed by atoms with E-state index in [0.29, 0.717) is 40.4 Å². The Labute approximate surface area is 212 Å². The van der Waals surface area contributed by atoms with Crippen molar-refractivity contribution in [2.45, 2.75) is 38.5 Å². The van der Waals surface area contributed by atoms with Gasteiger partial charge in [0.1, 0.15) is 5.75 Å². The highest BCUT2D eigenvalue weighted by Gasteiger charge is 2.21. The SMILES string of the molecule is CCOc1ccc(NC(=O)CSc2nnc([C@H](C)NC(=O)c3ccc(Cl)cc3Cl)n2CC)cc1. The topological polar surface area (TPSA) is 98.1 Å². The second-order valence-corrected chi connectivity index (χ2v) is 8.98. The lowest BCUT2D eigenvalue weighted by Crippen LogP contribution is -2.29. The minimum atomic E-state index is -0.432. The van der Waals surface area contributed by atoms with Crippen LogP contribution in [0.25, 0.3) is 0 Å². The van der Waals surface area contributed by atoms with Crippen LogP contribution in [0, 0.1) is 0 Å². The molecule has 11 heteroatoms. The van der Waals surface area contributed by atoms with Crippen molar-refractivity contribution in [2.75, 3.05) is 17.7 Å². The van der Waals surface area contributed by atoms with Crippen LogP contribution in [0.1, 0.15) is 43.0 Å². The molecule has 0 spiro atoms. The van der Waals surface area contributed by atoms with E-state index in [-0.39, 0.29) is 22.6 Å². The van der Waals surface area contributed by atoms with Crippen LogP contribution in [-0.4, -0.2) is 38.9 Å². The van der Waals surface area contributed by atoms with Gasteiger partial charge in [-0.15, -0.1) is 10.2 Å². The smallest absolute Gasteiger partial charge is 0.253 e. The summed E-state index contributed by atoms with van der Waals surface area (Å²) in [5, 5.41) is 15.5. The van der Waals surface area contributed by atoms with Crippen LogP contribution in [0.15, 0.2) is 47.6 Å². The number of nitrogens with one attached hydrogen (secondary N) is 2. The summed E-state index contributed by atoms with van der Waals surface area (Å²) in [6.07, 6.45) is 0. The molecule has 0 aliphatic rings. The molecule has 2 amide bonds. The maximum atomic E-state index is 12.7. The molecule has 0 aliphatic carbocycles. The number of hydrogen-bond donors (Lipinski definition) is 2. The minimum Gasteiger partial charge on any atom is -0.494 e. The molecule has 0 fully saturated rings. The van der Waals surface area contributed by atoms with Gasteiger partial charge in [-0.2, -0.15) is 0 Å². The first-order valence-electron chi connectivity index (χ1n) is 10.7. The Morgan fingerprint density at radius 2 is 1.85 bits per heavy atom. The average molecular weight is 522 g/mol. The van der Waals surface area contributed by atoms with Gasteiger partial charge < -0.3 is 19.9 Å². The van der Waals surface area contributed by atoms with Gasteiger partial charge in [-0.25, -0.2) is 0 Å². The Morgan fingerprint density at radius 1 is 1.12 bits per heavy atom. The summed E-state index contributed by atoms with van der Waals surface area (Å²) < 4.78 is 7.27. The van der Waals surface area contributed by atoms with Crippen LogP contribution in [0.4, 0.5) is 5.69 Å². The van der Waals surface area contributed by atoms with Crippen molar-refractivity contribution in [1.82, 2.24) is 20.1 Å². The van der Waals surface area contributed by atoms with Crippen LogP contribution in [0.3, 0.4) is 0 Å². The first-order chi connectivity index (χ1) is 16.3. The number of aromatic nitrogens is 3. The maximum Gasteiger partial charge on any atom is 0.253 e. The summed E-state index contributed by atoms with van der Waals surface area (Å²) in [6.45, 7) is 6.83. The van der Waals surface area contributed by atoms with Crippen molar-refractivity contribution in [3.63, 3.8) is 0 Å². The molecule has 0 radical (unpaired) electrons. The highest BCUT2D eigenvalue weighted by atomic mass is 35.5. The van der Waals surface area contributed by atoms with Crippen molar-refractivity contribution >= 4 is 52.5 Å². The third-order valence-electron chi connectivity index (χ3n) is 4.75. The Bertz CT molecular complexity index is 1150. The number of hydrogen-bond acceptors (Lipinski definition) is 6. The van der Waals surface area contributed by atoms with Gasteiger partial charge in [0.15, 0.2) is 11.0 Å². The molecule has 0 unspecified atom stereocenters. The van der Waals surface area contributed by atoms with Crippen LogP contribution >= 0.6 is 35.0 Å². The molecule has 1 aromatic heterocycles. The van der Waals surface area contributed by atoms with E-state index in [1.54, 1.807) is 36.4 Å². The number of benzene rings is 2. The number of thioether (sulfide) groups is 1. The number of anilines is 1. The zero-order valence-electron chi connectivity index (χ0n) is 19.0. The van der Waals surface area contributed by atoms with Crippen LogP contribution in [-0.2, 0) is 11.3 Å². The van der Waals surface area contributed by atoms with E-state index in [1.807, 2.05) is 25.3 Å². The molecule has 1 atom stereocenters. The second-order valence-electron chi connectivity index (χ2n) is 7.20. The molecule has 3 aromatic rings. The van der Waals surface area contributed by atoms with E-state index in [1.165, 1.54) is 17.8 Å². The van der Waals surface area contributed by atoms with Crippen LogP contribution in [0.2, 0.25) is 10.0 Å². The molecule has 0 saturated heterocycles. The van der Waals surface area contributed by atoms with Crippen molar-refractivity contribution < 1.29 is 14.3 Å². The molecule has 1 heterocycles. The number of nitrogens with zero attached hydrogens (tertiary/aromatic N) is 3. The van der Waals surface area contributed by atoms with E-state index >= 15 is 0 Å². The van der Waals surface area contributed by atoms with Gasteiger partial charge in [0.2, 0.25) is 5.91 Å². The fourth-order valence-electron chi connectivity index (χ4n) is 3.17. The molecule has 3 rings (SSSR count). The van der Waals surface area contributed by atoms with Crippen LogP contribution in [0.5, 0.6) is 5.75 Å². The first-order valence-corrected chi connectivity index (χ1v) is 12.4. The van der Waals surface area contributed by atoms with E-state index in [2.05, 4.69) is 20.8 Å². The quantitative estimate of drug-likeness (QED) is 0.354. The van der Waals surface area contributed by atoms with Gasteiger partial charge >= 0.3 is 0 Å². The predicted molar refractivity (Wildman–Crippen MR) is 135 cm³/mol. The minimum absolute atomic E-state index is 0.159. The van der Waals surface area contributed by atoms with Gasteiger partial charge in [-0.1, -0.05) is 35.0 Å². The standard InChI is InChI=1S/C23H25Cl2N5O3S/c1-4-30-21(14(3)26-22(32)18-11-6-15(24)12-19(18)25)28-29-23(30)34-13-20(31)27-16-7-9-17(10-8-16)33-5-2/h6-12,14H,4-5,13H2,1-3H3,(H,26,32)(H,27,31)/t14-/m0/s1. The number of rotatable bonds is 10. The largest absolute Gasteiger partial charge is 0.494 e. The number of carbonyl (C=O) groups excluding carboxylic acids is 2. The molecular formula is C23H25Cl2N5O3S. The maximum absolute atomic E-state index is 12.7. The van der Waals surface area contributed by atoms with E-state index in [4.69, 9.17) is 27.9 Å². The van der Waals surface area contributed by atoms with Gasteiger partial charge in [-0.3, -0.25) is 9.59 Å². The van der Waals surface area contributed by atoms with Gasteiger partial charge in [0.05, 0.1) is 29.0 Å². The summed E-state index contributed by atoms with van der Waals surface area (Å²) in [4.78, 5) is 25.0. The Kier molecular flexibility index (Phi) is 9.20. The highest BCUT2D eigenvalue weighted by molar-refractivity contribution is 7.99. The normalized spacial score (nSPS) is 11.7. The fourth-order valence-corrected chi connectivity index (χ4v) is 4.47. The van der Waals surface area contributed by atoms with E-state index in [9.17, 15) is 9.59 Å². The van der Waals surface area contributed by atoms with E-state index < -0.39 is 6.04 Å². The molecule has 2 aromatic carbocycles. The summed E-state index contributed by atoms with van der Waals surface area (Å²) in [7, 11) is 0. The lowest BCUT2D eigenvalue weighted by molar-refractivity contribution is -0.113. The molecule has 8 nitrogen and oxygen atoms in total. The summed E-state index contributed by atoms with van der Waals surface area (Å²) >= 11 is 13.3. The lowest BCUT2D eigenvalue weighted by Gasteiger charge is -2.15. The molecule has 180 valence electrons. The number of halogens is 2. The Hall–Kier alpha value is -2.75. The summed E-state index contributed by atoms with van der Waals surface area (Å²) in [6, 6.07) is 11.5. The third kappa shape index (κ3) is 6.65. The highest BCUT2D eigenvalue weighted by Crippen LogP contribution is 2.24. The van der Waals surface area contributed by atoms with Gasteiger partial charge in [-0.05, 0) is 63.2 Å². The number of carbonyl (C=O) groups is 2. The predicted octanol–water partition coefficient (Wildman–Crippen LogP) is 5.23. The average Bonchev–Trinajstić information content (AvgIpc) is 3.22. The zero-order chi connectivity index (χ0) is 24.7. The monoisotopic (exact) mass is 521 g/mol. The number of amides is 2. The molecular weight excluding hydrogens is 497 g/mol. The van der Waals surface area contributed by atoms with Crippen molar-refractivity contribution in [1.29, 1.82) is 0 Å². The fraction of sp³-hybridized carbons (Fsp3) is 0.304. The zero-order valence-corrected chi connectivity index (χ0v) is 21.3. The molecule has 0 saturated carbocycles. The van der Waals surface area contributed by atoms with Gasteiger partial charge in [0, 0.05) is 17.3 Å². The number of ether oxygens (including phenoxy) is 1. The van der Waals surface area contributed by atoms with E-state index in [0.717, 1.165) is 5.75 Å². The molecule has 0 bridgehead atoms. The summed E-state index contributed by atoms with van der Waals surface area (Å²) in [5.41, 5.74) is 1.00. The van der Waals surface area contributed by atoms with Crippen molar-refractivity contribution in [3.05, 3.63) is 63.9 Å². The molecule has 34 heavy (non-hydrogen) atoms. The molecule has 2 N–H and O–H groups in total. The Balaban J connectivity index is 1.60.